The Kier molecular flexibility index (Phi) is 4.01. The zero-order valence-corrected chi connectivity index (χ0v) is 12.1. The van der Waals surface area contributed by atoms with Crippen LogP contribution < -0.4 is 15.2 Å². The van der Waals surface area contributed by atoms with Gasteiger partial charge in [-0.1, -0.05) is 0 Å². The molecule has 0 aliphatic rings. The van der Waals surface area contributed by atoms with E-state index in [9.17, 15) is 8.42 Å². The summed E-state index contributed by atoms with van der Waals surface area (Å²) in [6, 6.07) is 6.44. The third-order valence-corrected chi connectivity index (χ3v) is 3.79. The van der Waals surface area contributed by atoms with E-state index in [1.807, 2.05) is 30.1 Å². The zero-order valence-electron chi connectivity index (χ0n) is 11.3. The lowest BCUT2D eigenvalue weighted by atomic mass is 10.2. The van der Waals surface area contributed by atoms with Crippen LogP contribution in [0.25, 0.3) is 0 Å². The summed E-state index contributed by atoms with van der Waals surface area (Å²) in [6.07, 6.45) is 3.91. The van der Waals surface area contributed by atoms with E-state index in [2.05, 4.69) is 5.32 Å². The topological polar surface area (TPSA) is 86.3 Å². The molecule has 0 atom stereocenters. The van der Waals surface area contributed by atoms with Crippen LogP contribution in [0.3, 0.4) is 0 Å². The Morgan fingerprint density at radius 3 is 2.65 bits per heavy atom. The van der Waals surface area contributed by atoms with E-state index >= 15 is 0 Å². The first-order chi connectivity index (χ1) is 9.40. The van der Waals surface area contributed by atoms with Gasteiger partial charge in [0.15, 0.2) is 0 Å². The predicted octanol–water partition coefficient (Wildman–Crippen LogP) is 1.29. The Morgan fingerprint density at radius 2 is 2.10 bits per heavy atom. The predicted molar refractivity (Wildman–Crippen MR) is 77.1 cm³/mol. The Labute approximate surface area is 118 Å². The number of ether oxygens (including phenoxy) is 1. The van der Waals surface area contributed by atoms with Crippen LogP contribution in [0.2, 0.25) is 0 Å². The molecule has 1 aromatic heterocycles. The van der Waals surface area contributed by atoms with Gasteiger partial charge in [0, 0.05) is 26.0 Å². The molecule has 0 aliphatic heterocycles. The molecule has 108 valence electrons. The van der Waals surface area contributed by atoms with Crippen molar-refractivity contribution in [3.05, 3.63) is 42.2 Å². The van der Waals surface area contributed by atoms with Crippen molar-refractivity contribution in [3.63, 3.8) is 0 Å². The first-order valence-corrected chi connectivity index (χ1v) is 7.50. The molecular weight excluding hydrogens is 278 g/mol. The van der Waals surface area contributed by atoms with Gasteiger partial charge in [-0.15, -0.1) is 0 Å². The Morgan fingerprint density at radius 1 is 1.35 bits per heavy atom. The molecule has 0 spiro atoms. The van der Waals surface area contributed by atoms with Crippen LogP contribution in [0, 0.1) is 0 Å². The minimum atomic E-state index is -3.73. The van der Waals surface area contributed by atoms with E-state index in [1.54, 1.807) is 6.07 Å². The van der Waals surface area contributed by atoms with Gasteiger partial charge in [-0.3, -0.25) is 0 Å². The van der Waals surface area contributed by atoms with Crippen molar-refractivity contribution in [1.82, 2.24) is 4.57 Å². The van der Waals surface area contributed by atoms with Crippen molar-refractivity contribution in [2.24, 2.45) is 12.2 Å². The number of aryl methyl sites for hydroxylation is 1. The maximum atomic E-state index is 11.4. The second kappa shape index (κ2) is 5.56. The molecule has 0 bridgehead atoms. The van der Waals surface area contributed by atoms with E-state index in [-0.39, 0.29) is 4.90 Å². The number of aromatic nitrogens is 1. The molecule has 1 heterocycles. The summed E-state index contributed by atoms with van der Waals surface area (Å²) in [5.74, 6) is 0.563. The fraction of sp³-hybridized carbons (Fsp3) is 0.231. The summed E-state index contributed by atoms with van der Waals surface area (Å²) in [6.45, 7) is 0.561. The molecule has 0 fully saturated rings. The van der Waals surface area contributed by atoms with Crippen LogP contribution in [-0.2, 0) is 23.6 Å². The standard InChI is InChI=1S/C13H17N3O3S/c1-16-6-5-10(9-16)8-15-12-7-11(20(14,17)18)3-4-13(12)19-2/h3-7,9,15H,8H2,1-2H3,(H2,14,17,18). The number of sulfonamides is 1. The number of nitrogens with one attached hydrogen (secondary N) is 1. The van der Waals surface area contributed by atoms with E-state index in [0.29, 0.717) is 18.0 Å². The number of hydrogen-bond donors (Lipinski definition) is 2. The van der Waals surface area contributed by atoms with Crippen molar-refractivity contribution < 1.29 is 13.2 Å². The van der Waals surface area contributed by atoms with E-state index in [0.717, 1.165) is 5.56 Å². The fourth-order valence-electron chi connectivity index (χ4n) is 1.87. The molecule has 7 heteroatoms. The maximum absolute atomic E-state index is 11.4. The highest BCUT2D eigenvalue weighted by Crippen LogP contribution is 2.27. The summed E-state index contributed by atoms with van der Waals surface area (Å²) in [4.78, 5) is 0.0499. The number of methoxy groups -OCH3 is 1. The summed E-state index contributed by atoms with van der Waals surface area (Å²) in [7, 11) is -0.265. The molecule has 20 heavy (non-hydrogen) atoms. The molecule has 2 rings (SSSR count). The van der Waals surface area contributed by atoms with Crippen molar-refractivity contribution in [2.75, 3.05) is 12.4 Å². The monoisotopic (exact) mass is 295 g/mol. The van der Waals surface area contributed by atoms with Gasteiger partial charge in [-0.25, -0.2) is 13.6 Å². The van der Waals surface area contributed by atoms with Crippen molar-refractivity contribution in [3.8, 4) is 5.75 Å². The lowest BCUT2D eigenvalue weighted by Gasteiger charge is -2.12. The van der Waals surface area contributed by atoms with Gasteiger partial charge < -0.3 is 14.6 Å². The van der Waals surface area contributed by atoms with Gasteiger partial charge in [0.1, 0.15) is 5.75 Å². The first kappa shape index (κ1) is 14.4. The smallest absolute Gasteiger partial charge is 0.238 e. The number of nitrogens with two attached hydrogens (primary N) is 1. The maximum Gasteiger partial charge on any atom is 0.238 e. The summed E-state index contributed by atoms with van der Waals surface area (Å²) in [5, 5.41) is 8.28. The number of hydrogen-bond acceptors (Lipinski definition) is 4. The molecule has 0 saturated heterocycles. The third kappa shape index (κ3) is 3.31. The summed E-state index contributed by atoms with van der Waals surface area (Å²) in [5.41, 5.74) is 1.67. The molecule has 2 aromatic rings. The largest absolute Gasteiger partial charge is 0.495 e. The second-order valence-corrected chi connectivity index (χ2v) is 6.01. The number of rotatable bonds is 5. The first-order valence-electron chi connectivity index (χ1n) is 5.95. The SMILES string of the molecule is COc1ccc(S(N)(=O)=O)cc1NCc1ccn(C)c1. The van der Waals surface area contributed by atoms with Gasteiger partial charge in [0.05, 0.1) is 17.7 Å². The van der Waals surface area contributed by atoms with E-state index in [4.69, 9.17) is 9.88 Å². The Hall–Kier alpha value is -1.99. The number of anilines is 1. The number of nitrogens with zero attached hydrogens (tertiary/aromatic N) is 1. The van der Waals surface area contributed by atoms with Crippen molar-refractivity contribution >= 4 is 15.7 Å². The van der Waals surface area contributed by atoms with Crippen LogP contribution in [0.1, 0.15) is 5.56 Å². The molecule has 6 nitrogen and oxygen atoms in total. The molecular formula is C13H17N3O3S. The molecule has 1 aromatic carbocycles. The minimum Gasteiger partial charge on any atom is -0.495 e. The Balaban J connectivity index is 2.24. The lowest BCUT2D eigenvalue weighted by Crippen LogP contribution is -2.12. The van der Waals surface area contributed by atoms with Crippen molar-refractivity contribution in [1.29, 1.82) is 0 Å². The van der Waals surface area contributed by atoms with Crippen LogP contribution in [0.5, 0.6) is 5.75 Å². The van der Waals surface area contributed by atoms with Crippen LogP contribution >= 0.6 is 0 Å². The van der Waals surface area contributed by atoms with Crippen molar-refractivity contribution in [2.45, 2.75) is 11.4 Å². The highest BCUT2D eigenvalue weighted by molar-refractivity contribution is 7.89. The van der Waals surface area contributed by atoms with Gasteiger partial charge >= 0.3 is 0 Å². The van der Waals surface area contributed by atoms with Gasteiger partial charge in [-0.2, -0.15) is 0 Å². The lowest BCUT2D eigenvalue weighted by molar-refractivity contribution is 0.416. The van der Waals surface area contributed by atoms with Gasteiger partial charge in [0.2, 0.25) is 10.0 Å². The molecule has 0 amide bonds. The highest BCUT2D eigenvalue weighted by Gasteiger charge is 2.12. The second-order valence-electron chi connectivity index (χ2n) is 4.45. The molecule has 0 unspecified atom stereocenters. The summed E-state index contributed by atoms with van der Waals surface area (Å²) >= 11 is 0. The highest BCUT2D eigenvalue weighted by atomic mass is 32.2. The molecule has 0 saturated carbocycles. The minimum absolute atomic E-state index is 0.0499. The van der Waals surface area contributed by atoms with Gasteiger partial charge in [-0.05, 0) is 29.8 Å². The average molecular weight is 295 g/mol. The quantitative estimate of drug-likeness (QED) is 0.870. The number of benzene rings is 1. The normalized spacial score (nSPS) is 11.3. The third-order valence-electron chi connectivity index (χ3n) is 2.88. The van der Waals surface area contributed by atoms with Gasteiger partial charge in [0.25, 0.3) is 0 Å². The van der Waals surface area contributed by atoms with E-state index in [1.165, 1.54) is 19.2 Å². The molecule has 0 radical (unpaired) electrons. The van der Waals surface area contributed by atoms with Crippen LogP contribution in [0.4, 0.5) is 5.69 Å². The van der Waals surface area contributed by atoms with E-state index < -0.39 is 10.0 Å². The van der Waals surface area contributed by atoms with Crippen LogP contribution in [0.15, 0.2) is 41.6 Å². The molecule has 3 N–H and O–H groups in total. The van der Waals surface area contributed by atoms with Crippen LogP contribution in [-0.4, -0.2) is 20.1 Å². The number of primary sulfonamides is 1. The zero-order chi connectivity index (χ0) is 14.8. The summed E-state index contributed by atoms with van der Waals surface area (Å²) < 4.78 is 29.9. The average Bonchev–Trinajstić information content (AvgIpc) is 2.80. The Bertz CT molecular complexity index is 707. The fourth-order valence-corrected chi connectivity index (χ4v) is 2.40. The molecule has 0 aliphatic carbocycles.